The van der Waals surface area contributed by atoms with Crippen molar-refractivity contribution < 1.29 is 19.4 Å². The molecule has 1 N–H and O–H groups in total. The summed E-state index contributed by atoms with van der Waals surface area (Å²) in [5.41, 5.74) is -0.604. The molecule has 1 aliphatic carbocycles. The number of carboxylic acids is 1. The van der Waals surface area contributed by atoms with Crippen LogP contribution in [0.4, 0.5) is 4.79 Å². The van der Waals surface area contributed by atoms with Gasteiger partial charge in [-0.2, -0.15) is 0 Å². The van der Waals surface area contributed by atoms with Gasteiger partial charge in [-0.3, -0.25) is 4.79 Å². The Balaban J connectivity index is 1.95. The zero-order valence-electron chi connectivity index (χ0n) is 11.9. The van der Waals surface area contributed by atoms with Crippen LogP contribution in [-0.4, -0.2) is 39.8 Å². The third-order valence-electron chi connectivity index (χ3n) is 4.01. The lowest BCUT2D eigenvalue weighted by molar-refractivity contribution is -0.140. The summed E-state index contributed by atoms with van der Waals surface area (Å²) in [7, 11) is 0. The molecule has 1 aliphatic heterocycles. The zero-order valence-corrected chi connectivity index (χ0v) is 11.9. The number of amides is 1. The van der Waals surface area contributed by atoms with Gasteiger partial charge in [-0.25, -0.2) is 4.79 Å². The number of carbonyl (C=O) groups excluding carboxylic acids is 1. The summed E-state index contributed by atoms with van der Waals surface area (Å²) in [4.78, 5) is 24.7. The van der Waals surface area contributed by atoms with Crippen molar-refractivity contribution in [3.8, 4) is 0 Å². The SMILES string of the molecule is CC(C)(C)OC(=O)N1CCCC12CC(CC(=O)O)C2. The summed E-state index contributed by atoms with van der Waals surface area (Å²) in [6, 6.07) is 0. The van der Waals surface area contributed by atoms with Crippen LogP contribution in [0.5, 0.6) is 0 Å². The first-order valence-electron chi connectivity index (χ1n) is 6.94. The Morgan fingerprint density at radius 2 is 2.00 bits per heavy atom. The summed E-state index contributed by atoms with van der Waals surface area (Å²) in [6.45, 7) is 6.32. The minimum absolute atomic E-state index is 0.123. The van der Waals surface area contributed by atoms with Gasteiger partial charge in [0.1, 0.15) is 5.60 Å². The smallest absolute Gasteiger partial charge is 0.410 e. The molecule has 1 saturated heterocycles. The van der Waals surface area contributed by atoms with Gasteiger partial charge in [0.2, 0.25) is 0 Å². The topological polar surface area (TPSA) is 66.8 Å². The molecule has 1 heterocycles. The molecule has 108 valence electrons. The molecule has 0 atom stereocenters. The average molecular weight is 269 g/mol. The highest BCUT2D eigenvalue weighted by Crippen LogP contribution is 2.50. The molecule has 0 aromatic heterocycles. The Kier molecular flexibility index (Phi) is 3.49. The van der Waals surface area contributed by atoms with E-state index in [4.69, 9.17) is 9.84 Å². The molecular formula is C14H23NO4. The Morgan fingerprint density at radius 1 is 1.37 bits per heavy atom. The highest BCUT2D eigenvalue weighted by atomic mass is 16.6. The molecule has 2 aliphatic rings. The van der Waals surface area contributed by atoms with Crippen LogP contribution >= 0.6 is 0 Å². The van der Waals surface area contributed by atoms with E-state index in [1.54, 1.807) is 0 Å². The van der Waals surface area contributed by atoms with Crippen molar-refractivity contribution in [3.05, 3.63) is 0 Å². The summed E-state index contributed by atoms with van der Waals surface area (Å²) < 4.78 is 5.44. The van der Waals surface area contributed by atoms with E-state index in [-0.39, 0.29) is 24.0 Å². The Hall–Kier alpha value is -1.26. The van der Waals surface area contributed by atoms with Crippen LogP contribution in [0.3, 0.4) is 0 Å². The maximum Gasteiger partial charge on any atom is 0.410 e. The summed E-state index contributed by atoms with van der Waals surface area (Å²) in [5.74, 6) is -0.540. The molecule has 5 heteroatoms. The molecule has 0 bridgehead atoms. The molecular weight excluding hydrogens is 246 g/mol. The number of carboxylic acid groups (broad SMARTS) is 1. The van der Waals surface area contributed by atoms with Crippen LogP contribution in [0.2, 0.25) is 0 Å². The van der Waals surface area contributed by atoms with Crippen molar-refractivity contribution >= 4 is 12.1 Å². The lowest BCUT2D eigenvalue weighted by Crippen LogP contribution is -2.56. The number of aliphatic carboxylic acids is 1. The number of hydrogen-bond donors (Lipinski definition) is 1. The minimum atomic E-state index is -0.748. The second-order valence-corrected chi connectivity index (χ2v) is 6.83. The first kappa shape index (κ1) is 14.2. The fourth-order valence-corrected chi connectivity index (χ4v) is 3.37. The van der Waals surface area contributed by atoms with E-state index in [0.717, 1.165) is 32.2 Å². The van der Waals surface area contributed by atoms with E-state index in [2.05, 4.69) is 0 Å². The van der Waals surface area contributed by atoms with Crippen molar-refractivity contribution in [3.63, 3.8) is 0 Å². The predicted molar refractivity (Wildman–Crippen MR) is 69.9 cm³/mol. The van der Waals surface area contributed by atoms with Gasteiger partial charge in [-0.15, -0.1) is 0 Å². The monoisotopic (exact) mass is 269 g/mol. The number of rotatable bonds is 2. The molecule has 1 spiro atoms. The summed E-state index contributed by atoms with van der Waals surface area (Å²) >= 11 is 0. The molecule has 19 heavy (non-hydrogen) atoms. The maximum atomic E-state index is 12.2. The number of hydrogen-bond acceptors (Lipinski definition) is 3. The Bertz CT molecular complexity index is 379. The molecule has 1 saturated carbocycles. The molecule has 1 amide bonds. The van der Waals surface area contributed by atoms with Crippen molar-refractivity contribution in [1.29, 1.82) is 0 Å². The van der Waals surface area contributed by atoms with Gasteiger partial charge in [0.15, 0.2) is 0 Å². The van der Waals surface area contributed by atoms with Crippen LogP contribution in [0.25, 0.3) is 0 Å². The van der Waals surface area contributed by atoms with E-state index in [9.17, 15) is 9.59 Å². The van der Waals surface area contributed by atoms with Gasteiger partial charge < -0.3 is 14.7 Å². The van der Waals surface area contributed by atoms with Crippen molar-refractivity contribution in [1.82, 2.24) is 4.90 Å². The first-order valence-corrected chi connectivity index (χ1v) is 6.94. The number of carbonyl (C=O) groups is 2. The van der Waals surface area contributed by atoms with E-state index < -0.39 is 11.6 Å². The van der Waals surface area contributed by atoms with E-state index >= 15 is 0 Å². The predicted octanol–water partition coefficient (Wildman–Crippen LogP) is 2.64. The van der Waals surface area contributed by atoms with E-state index in [1.807, 2.05) is 25.7 Å². The number of likely N-dealkylation sites (tertiary alicyclic amines) is 1. The largest absolute Gasteiger partial charge is 0.481 e. The summed E-state index contributed by atoms with van der Waals surface area (Å²) in [6.07, 6.45) is 3.53. The molecule has 5 nitrogen and oxygen atoms in total. The van der Waals surface area contributed by atoms with E-state index in [0.29, 0.717) is 0 Å². The second kappa shape index (κ2) is 4.69. The van der Waals surface area contributed by atoms with Crippen molar-refractivity contribution in [2.24, 2.45) is 5.92 Å². The maximum absolute atomic E-state index is 12.2. The van der Waals surface area contributed by atoms with Gasteiger partial charge in [0.25, 0.3) is 0 Å². The Morgan fingerprint density at radius 3 is 2.53 bits per heavy atom. The highest BCUT2D eigenvalue weighted by Gasteiger charge is 2.53. The molecule has 0 aromatic carbocycles. The van der Waals surface area contributed by atoms with Gasteiger partial charge >= 0.3 is 12.1 Å². The lowest BCUT2D eigenvalue weighted by Gasteiger charge is -2.50. The van der Waals surface area contributed by atoms with Gasteiger partial charge in [-0.05, 0) is 52.4 Å². The second-order valence-electron chi connectivity index (χ2n) is 6.83. The van der Waals surface area contributed by atoms with Crippen molar-refractivity contribution in [2.75, 3.05) is 6.54 Å². The fourth-order valence-electron chi connectivity index (χ4n) is 3.37. The first-order chi connectivity index (χ1) is 8.72. The molecule has 2 fully saturated rings. The molecule has 0 radical (unpaired) electrons. The third-order valence-corrected chi connectivity index (χ3v) is 4.01. The Labute approximate surface area is 113 Å². The van der Waals surface area contributed by atoms with Crippen LogP contribution in [0, 0.1) is 5.92 Å². The van der Waals surface area contributed by atoms with Crippen LogP contribution in [-0.2, 0) is 9.53 Å². The number of nitrogens with zero attached hydrogens (tertiary/aromatic N) is 1. The van der Waals surface area contributed by atoms with Gasteiger partial charge in [0, 0.05) is 18.5 Å². The molecule has 2 rings (SSSR count). The summed E-state index contributed by atoms with van der Waals surface area (Å²) in [5, 5.41) is 8.80. The quantitative estimate of drug-likeness (QED) is 0.836. The molecule has 0 unspecified atom stereocenters. The fraction of sp³-hybridized carbons (Fsp3) is 0.857. The van der Waals surface area contributed by atoms with Gasteiger partial charge in [-0.1, -0.05) is 0 Å². The normalized spacial score (nSPS) is 30.3. The van der Waals surface area contributed by atoms with Gasteiger partial charge in [0.05, 0.1) is 0 Å². The lowest BCUT2D eigenvalue weighted by atomic mass is 9.65. The van der Waals surface area contributed by atoms with Crippen molar-refractivity contribution in [2.45, 2.75) is 64.0 Å². The highest BCUT2D eigenvalue weighted by molar-refractivity contribution is 5.70. The van der Waals surface area contributed by atoms with E-state index in [1.165, 1.54) is 0 Å². The number of ether oxygens (including phenoxy) is 1. The average Bonchev–Trinajstić information content (AvgIpc) is 2.57. The minimum Gasteiger partial charge on any atom is -0.481 e. The van der Waals surface area contributed by atoms with Crippen LogP contribution in [0.15, 0.2) is 0 Å². The molecule has 0 aromatic rings. The zero-order chi connectivity index (χ0) is 14.3. The van der Waals surface area contributed by atoms with Crippen LogP contribution in [0.1, 0.15) is 52.9 Å². The van der Waals surface area contributed by atoms with Crippen LogP contribution < -0.4 is 0 Å². The third kappa shape index (κ3) is 3.01. The standard InChI is InChI=1S/C14H23NO4/c1-13(2,3)19-12(18)15-6-4-5-14(15)8-10(9-14)7-11(16)17/h10H,4-9H2,1-3H3,(H,16,17).